The lowest BCUT2D eigenvalue weighted by atomic mass is 11.3. The summed E-state index contributed by atoms with van der Waals surface area (Å²) < 4.78 is 0. The number of rotatable bonds is 0. The summed E-state index contributed by atoms with van der Waals surface area (Å²) in [5, 5.41) is 0. The van der Waals surface area contributed by atoms with Crippen LogP contribution in [0.1, 0.15) is 0 Å². The molecule has 0 aromatic rings. The molecule has 0 aliphatic carbocycles. The fourth-order valence-corrected chi connectivity index (χ4v) is 0.0577. The monoisotopic (exact) mass is 54.0 g/mol. The largest absolute Gasteiger partial charge is 0.346 e. The van der Waals surface area contributed by atoms with Gasteiger partial charge in [0.05, 0.1) is 6.20 Å². The van der Waals surface area contributed by atoms with Gasteiger partial charge in [-0.05, 0) is 0 Å². The minimum absolute atomic E-state index is 1.88. The van der Waals surface area contributed by atoms with Gasteiger partial charge in [0.1, 0.15) is 0 Å². The van der Waals surface area contributed by atoms with Crippen molar-refractivity contribution in [1.29, 1.82) is 0 Å². The molecule has 1 aliphatic heterocycles. The van der Waals surface area contributed by atoms with Gasteiger partial charge in [0.15, 0.2) is 0 Å². The topological polar surface area (TPSA) is 3.01 Å². The zero-order valence-electron chi connectivity index (χ0n) is 2.52. The van der Waals surface area contributed by atoms with E-state index in [0.717, 1.165) is 0 Å². The van der Waals surface area contributed by atoms with Crippen molar-refractivity contribution in [2.75, 3.05) is 7.05 Å². The van der Waals surface area contributed by atoms with E-state index in [2.05, 4.69) is 6.20 Å². The first kappa shape index (κ1) is 1.82. The van der Waals surface area contributed by atoms with Crippen molar-refractivity contribution in [2.24, 2.45) is 0 Å². The highest BCUT2D eigenvalue weighted by Crippen LogP contribution is 1.94. The Kier molecular flexibility index (Phi) is 0.133. The van der Waals surface area contributed by atoms with Crippen molar-refractivity contribution in [3.05, 3.63) is 12.4 Å². The summed E-state index contributed by atoms with van der Waals surface area (Å²) >= 11 is 0. The molecule has 0 aromatic heterocycles. The Balaban J connectivity index is 2.32. The summed E-state index contributed by atoms with van der Waals surface area (Å²) in [6.45, 7) is 0. The number of hydrogen-bond acceptors (Lipinski definition) is 1. The molecule has 0 spiro atoms. The van der Waals surface area contributed by atoms with E-state index < -0.39 is 0 Å². The maximum absolute atomic E-state index is 2.81. The quantitative estimate of drug-likeness (QED) is 0.382. The van der Waals surface area contributed by atoms with E-state index >= 15 is 0 Å². The van der Waals surface area contributed by atoms with Gasteiger partial charge in [-0.2, -0.15) is 0 Å². The Morgan fingerprint density at radius 3 is 2.25 bits per heavy atom. The molecular weight excluding hydrogens is 50.0 g/mol. The number of nitrogens with zero attached hydrogens (tertiary/aromatic N) is 1. The second kappa shape index (κ2) is 0.292. The zero-order valence-corrected chi connectivity index (χ0v) is 2.52. The van der Waals surface area contributed by atoms with Crippen LogP contribution in [0.25, 0.3) is 0 Å². The normalized spacial score (nSPS) is 17.8. The molecule has 4 heavy (non-hydrogen) atoms. The molecule has 0 saturated carbocycles. The summed E-state index contributed by atoms with van der Waals surface area (Å²) in [5.41, 5.74) is 0. The maximum Gasteiger partial charge on any atom is 0.0825 e. The van der Waals surface area contributed by atoms with Crippen LogP contribution in [0, 0.1) is 6.20 Å². The molecule has 0 unspecified atom stereocenters. The van der Waals surface area contributed by atoms with Crippen molar-refractivity contribution in [3.63, 3.8) is 0 Å². The Bertz CT molecular complexity index is 41.2. The average molecular weight is 54.1 g/mol. The molecule has 1 radical (unpaired) electrons. The van der Waals surface area contributed by atoms with Crippen LogP contribution in [0.3, 0.4) is 0 Å². The molecule has 1 heteroatoms. The second-order valence-electron chi connectivity index (χ2n) is 0.869. The third-order valence-corrected chi connectivity index (χ3v) is 0.387. The van der Waals surface area contributed by atoms with Gasteiger partial charge < -0.3 is 4.90 Å². The molecule has 0 amide bonds. The van der Waals surface area contributed by atoms with Crippen LogP contribution in [-0.4, -0.2) is 11.9 Å². The van der Waals surface area contributed by atoms with Crippen LogP contribution in [0.5, 0.6) is 0 Å². The van der Waals surface area contributed by atoms with E-state index in [-0.39, 0.29) is 0 Å². The molecule has 1 nitrogen and oxygen atoms in total. The average Bonchev–Trinajstić information content (AvgIpc) is 1.75. The smallest absolute Gasteiger partial charge is 0.0825 e. The van der Waals surface area contributed by atoms with Crippen LogP contribution in [0.4, 0.5) is 0 Å². The first-order valence-corrected chi connectivity index (χ1v) is 1.22. The van der Waals surface area contributed by atoms with Crippen molar-refractivity contribution in [1.82, 2.24) is 4.90 Å². The summed E-state index contributed by atoms with van der Waals surface area (Å²) in [7, 11) is 1.94. The van der Waals surface area contributed by atoms with Crippen molar-refractivity contribution < 1.29 is 0 Å². The lowest BCUT2D eigenvalue weighted by Crippen LogP contribution is -1.74. The van der Waals surface area contributed by atoms with Gasteiger partial charge in [0, 0.05) is 13.2 Å². The molecule has 0 bridgehead atoms. The first-order chi connectivity index (χ1) is 1.89. The van der Waals surface area contributed by atoms with E-state index in [9.17, 15) is 0 Å². The van der Waals surface area contributed by atoms with E-state index in [4.69, 9.17) is 0 Å². The number of hydrogen-bond donors (Lipinski definition) is 0. The van der Waals surface area contributed by atoms with E-state index in [0.29, 0.717) is 0 Å². The predicted octanol–water partition coefficient (Wildman–Crippen LogP) is 0.206. The van der Waals surface area contributed by atoms with Gasteiger partial charge in [0.2, 0.25) is 0 Å². The third-order valence-electron chi connectivity index (χ3n) is 0.387. The minimum atomic E-state index is 1.88. The molecule has 1 heterocycles. The van der Waals surface area contributed by atoms with Gasteiger partial charge in [-0.15, -0.1) is 0 Å². The third kappa shape index (κ3) is 0.0696. The van der Waals surface area contributed by atoms with Crippen LogP contribution >= 0.6 is 0 Å². The van der Waals surface area contributed by atoms with Crippen LogP contribution in [-0.2, 0) is 0 Å². The van der Waals surface area contributed by atoms with Gasteiger partial charge in [0.25, 0.3) is 0 Å². The Morgan fingerprint density at radius 1 is 2.00 bits per heavy atom. The Hall–Kier alpha value is -0.460. The molecule has 0 atom stereocenters. The summed E-state index contributed by atoms with van der Waals surface area (Å²) in [4.78, 5) is 1.88. The fraction of sp³-hybridized carbons (Fsp3) is 0.333. The van der Waals surface area contributed by atoms with E-state index in [1.807, 2.05) is 18.1 Å². The predicted molar refractivity (Wildman–Crippen MR) is 15.6 cm³/mol. The summed E-state index contributed by atoms with van der Waals surface area (Å²) in [5.74, 6) is 0. The van der Waals surface area contributed by atoms with E-state index in [1.54, 1.807) is 0 Å². The molecule has 1 rings (SSSR count). The molecule has 21 valence electrons. The van der Waals surface area contributed by atoms with Crippen LogP contribution in [0.15, 0.2) is 6.20 Å². The van der Waals surface area contributed by atoms with Gasteiger partial charge >= 0.3 is 0 Å². The van der Waals surface area contributed by atoms with E-state index in [1.165, 1.54) is 0 Å². The summed E-state index contributed by atoms with van der Waals surface area (Å²) in [6, 6.07) is 0. The summed E-state index contributed by atoms with van der Waals surface area (Å²) in [6.07, 6.45) is 4.68. The Morgan fingerprint density at radius 2 is 2.25 bits per heavy atom. The molecule has 1 aliphatic rings. The molecule has 0 saturated heterocycles. The highest BCUT2D eigenvalue weighted by Gasteiger charge is 1.92. The first-order valence-electron chi connectivity index (χ1n) is 1.22. The zero-order chi connectivity index (χ0) is 2.99. The minimum Gasteiger partial charge on any atom is -0.346 e. The van der Waals surface area contributed by atoms with Crippen LogP contribution in [0.2, 0.25) is 0 Å². The van der Waals surface area contributed by atoms with Crippen LogP contribution < -0.4 is 0 Å². The van der Waals surface area contributed by atoms with Gasteiger partial charge in [-0.3, -0.25) is 0 Å². The lowest BCUT2D eigenvalue weighted by Gasteiger charge is -1.72. The second-order valence-corrected chi connectivity index (χ2v) is 0.869. The Labute approximate surface area is 25.5 Å². The maximum atomic E-state index is 2.81. The standard InChI is InChI=1S/C3H4N/c1-4-2-3-4/h2H,1H3. The van der Waals surface area contributed by atoms with Crippen molar-refractivity contribution >= 4 is 0 Å². The highest BCUT2D eigenvalue weighted by molar-refractivity contribution is 4.87. The molecule has 0 fully saturated rings. The molecule has 0 N–H and O–H groups in total. The fourth-order valence-electron chi connectivity index (χ4n) is 0.0577. The van der Waals surface area contributed by atoms with Crippen molar-refractivity contribution in [3.8, 4) is 0 Å². The van der Waals surface area contributed by atoms with Gasteiger partial charge in [-0.25, -0.2) is 0 Å². The highest BCUT2D eigenvalue weighted by atomic mass is 15.1. The van der Waals surface area contributed by atoms with Crippen molar-refractivity contribution in [2.45, 2.75) is 0 Å². The lowest BCUT2D eigenvalue weighted by molar-refractivity contribution is 0.742. The molecular formula is C3H4N. The van der Waals surface area contributed by atoms with Gasteiger partial charge in [-0.1, -0.05) is 0 Å². The molecule has 0 aromatic carbocycles. The SMILES string of the molecule is CN1[C]=C1.